The number of hydrogen-bond acceptors (Lipinski definition) is 4. The molecular formula is C17H19N5O2. The maximum Gasteiger partial charge on any atom is 0.275 e. The second-order valence-corrected chi connectivity index (χ2v) is 5.69. The molecule has 0 aliphatic carbocycles. The summed E-state index contributed by atoms with van der Waals surface area (Å²) in [6, 6.07) is 11.2. The van der Waals surface area contributed by atoms with Gasteiger partial charge in [-0.2, -0.15) is 10.2 Å². The molecule has 24 heavy (non-hydrogen) atoms. The van der Waals surface area contributed by atoms with Crippen molar-refractivity contribution in [2.45, 2.75) is 13.5 Å². The van der Waals surface area contributed by atoms with Gasteiger partial charge in [-0.3, -0.25) is 9.48 Å². The Hall–Kier alpha value is -3.09. The number of carbonyl (C=O) groups is 1. The van der Waals surface area contributed by atoms with Crippen molar-refractivity contribution < 1.29 is 9.90 Å². The monoisotopic (exact) mass is 325 g/mol. The van der Waals surface area contributed by atoms with E-state index in [0.717, 1.165) is 5.69 Å². The van der Waals surface area contributed by atoms with Crippen molar-refractivity contribution in [1.29, 1.82) is 0 Å². The molecule has 0 bridgehead atoms. The maximum absolute atomic E-state index is 12.2. The molecule has 7 nitrogen and oxygen atoms in total. The fourth-order valence-corrected chi connectivity index (χ4v) is 2.38. The van der Waals surface area contributed by atoms with Crippen molar-refractivity contribution in [1.82, 2.24) is 24.9 Å². The Bertz CT molecular complexity index is 796. The lowest BCUT2D eigenvalue weighted by Crippen LogP contribution is -2.30. The lowest BCUT2D eigenvalue weighted by molar-refractivity contribution is 0.0938. The Labute approximate surface area is 139 Å². The van der Waals surface area contributed by atoms with E-state index in [0.29, 0.717) is 13.1 Å². The zero-order valence-corrected chi connectivity index (χ0v) is 13.3. The summed E-state index contributed by atoms with van der Waals surface area (Å²) < 4.78 is 3.30. The van der Waals surface area contributed by atoms with Crippen LogP contribution in [-0.2, 0) is 6.54 Å². The number of rotatable bonds is 6. The van der Waals surface area contributed by atoms with Gasteiger partial charge in [-0.15, -0.1) is 0 Å². The van der Waals surface area contributed by atoms with E-state index in [1.807, 2.05) is 54.2 Å². The zero-order valence-electron chi connectivity index (χ0n) is 13.3. The first kappa shape index (κ1) is 15.8. The van der Waals surface area contributed by atoms with Crippen LogP contribution in [0.25, 0.3) is 5.69 Å². The van der Waals surface area contributed by atoms with Crippen molar-refractivity contribution >= 4 is 5.91 Å². The smallest absolute Gasteiger partial charge is 0.275 e. The van der Waals surface area contributed by atoms with Crippen molar-refractivity contribution in [2.24, 2.45) is 5.92 Å². The van der Waals surface area contributed by atoms with Crippen molar-refractivity contribution in [2.75, 3.05) is 6.54 Å². The Morgan fingerprint density at radius 2 is 2.08 bits per heavy atom. The Kier molecular flexibility index (Phi) is 4.60. The quantitative estimate of drug-likeness (QED) is 0.724. The molecule has 0 aliphatic heterocycles. The standard InChI is InChI=1S/C17H19N5O2/c1-13(11-21-9-5-8-19-21)10-18-17(24)16-15(23)12-22(20-16)14-6-3-2-4-7-14/h2-9,12-13,23H,10-11H2,1H3,(H,18,24). The van der Waals surface area contributed by atoms with Gasteiger partial charge in [-0.25, -0.2) is 4.68 Å². The molecule has 1 atom stereocenters. The summed E-state index contributed by atoms with van der Waals surface area (Å²) in [5, 5.41) is 21.1. The van der Waals surface area contributed by atoms with Gasteiger partial charge in [0.05, 0.1) is 11.9 Å². The molecule has 1 aromatic carbocycles. The molecule has 2 aromatic heterocycles. The Morgan fingerprint density at radius 3 is 2.79 bits per heavy atom. The number of aromatic hydroxyl groups is 1. The number of para-hydroxylation sites is 1. The van der Waals surface area contributed by atoms with E-state index >= 15 is 0 Å². The van der Waals surface area contributed by atoms with Crippen LogP contribution in [0.3, 0.4) is 0 Å². The molecule has 2 heterocycles. The third-order valence-electron chi connectivity index (χ3n) is 3.60. The molecule has 0 saturated carbocycles. The van der Waals surface area contributed by atoms with E-state index in [9.17, 15) is 9.90 Å². The summed E-state index contributed by atoms with van der Waals surface area (Å²) in [4.78, 5) is 12.2. The van der Waals surface area contributed by atoms with Gasteiger partial charge in [-0.05, 0) is 24.1 Å². The van der Waals surface area contributed by atoms with Crippen molar-refractivity contribution in [3.63, 3.8) is 0 Å². The van der Waals surface area contributed by atoms with Gasteiger partial charge in [-0.1, -0.05) is 25.1 Å². The van der Waals surface area contributed by atoms with Gasteiger partial charge in [0, 0.05) is 25.5 Å². The molecule has 0 aliphatic rings. The van der Waals surface area contributed by atoms with Crippen LogP contribution in [0.4, 0.5) is 0 Å². The van der Waals surface area contributed by atoms with Crippen LogP contribution < -0.4 is 5.32 Å². The first-order chi connectivity index (χ1) is 11.6. The molecule has 1 amide bonds. The van der Waals surface area contributed by atoms with Gasteiger partial charge in [0.25, 0.3) is 5.91 Å². The fourth-order valence-electron chi connectivity index (χ4n) is 2.38. The number of hydrogen-bond donors (Lipinski definition) is 2. The van der Waals surface area contributed by atoms with Gasteiger partial charge in [0.15, 0.2) is 11.4 Å². The van der Waals surface area contributed by atoms with Crippen LogP contribution in [0.2, 0.25) is 0 Å². The van der Waals surface area contributed by atoms with E-state index in [-0.39, 0.29) is 17.4 Å². The summed E-state index contributed by atoms with van der Waals surface area (Å²) in [7, 11) is 0. The molecule has 124 valence electrons. The van der Waals surface area contributed by atoms with Gasteiger partial charge >= 0.3 is 0 Å². The lowest BCUT2D eigenvalue weighted by Gasteiger charge is -2.12. The lowest BCUT2D eigenvalue weighted by atomic mass is 10.2. The van der Waals surface area contributed by atoms with E-state index in [2.05, 4.69) is 15.5 Å². The van der Waals surface area contributed by atoms with E-state index in [1.165, 1.54) is 10.9 Å². The van der Waals surface area contributed by atoms with E-state index in [1.54, 1.807) is 6.20 Å². The predicted molar refractivity (Wildman–Crippen MR) is 89.0 cm³/mol. The average molecular weight is 325 g/mol. The highest BCUT2D eigenvalue weighted by atomic mass is 16.3. The van der Waals surface area contributed by atoms with Gasteiger partial charge in [0.2, 0.25) is 0 Å². The summed E-state index contributed by atoms with van der Waals surface area (Å²) in [5.41, 5.74) is 0.795. The number of nitrogens with zero attached hydrogens (tertiary/aromatic N) is 4. The summed E-state index contributed by atoms with van der Waals surface area (Å²) in [5.74, 6) is -0.335. The van der Waals surface area contributed by atoms with Crippen molar-refractivity contribution in [3.8, 4) is 11.4 Å². The first-order valence-electron chi connectivity index (χ1n) is 7.73. The van der Waals surface area contributed by atoms with Crippen LogP contribution in [-0.4, -0.2) is 37.1 Å². The number of benzene rings is 1. The van der Waals surface area contributed by atoms with Crippen LogP contribution >= 0.6 is 0 Å². The number of aromatic nitrogens is 4. The maximum atomic E-state index is 12.2. The number of nitrogens with one attached hydrogen (secondary N) is 1. The SMILES string of the molecule is CC(CNC(=O)c1nn(-c2ccccc2)cc1O)Cn1cccn1. The molecule has 7 heteroatoms. The molecular weight excluding hydrogens is 306 g/mol. The molecule has 0 radical (unpaired) electrons. The van der Waals surface area contributed by atoms with Gasteiger partial charge < -0.3 is 10.4 Å². The van der Waals surface area contributed by atoms with Crippen LogP contribution in [0.1, 0.15) is 17.4 Å². The predicted octanol–water partition coefficient (Wildman–Crippen LogP) is 1.84. The third kappa shape index (κ3) is 3.62. The second-order valence-electron chi connectivity index (χ2n) is 5.69. The highest BCUT2D eigenvalue weighted by Gasteiger charge is 2.17. The molecule has 3 aromatic rings. The first-order valence-corrected chi connectivity index (χ1v) is 7.73. The third-order valence-corrected chi connectivity index (χ3v) is 3.60. The Balaban J connectivity index is 1.62. The molecule has 1 unspecified atom stereocenters. The minimum atomic E-state index is -0.394. The highest BCUT2D eigenvalue weighted by Crippen LogP contribution is 2.18. The largest absolute Gasteiger partial charge is 0.504 e. The summed E-state index contributed by atoms with van der Waals surface area (Å²) >= 11 is 0. The normalized spacial score (nSPS) is 12.0. The Morgan fingerprint density at radius 1 is 1.29 bits per heavy atom. The number of carbonyl (C=O) groups excluding carboxylic acids is 1. The van der Waals surface area contributed by atoms with Crippen LogP contribution in [0.5, 0.6) is 5.75 Å². The summed E-state index contributed by atoms with van der Waals surface area (Å²) in [6.45, 7) is 3.19. The zero-order chi connectivity index (χ0) is 16.9. The van der Waals surface area contributed by atoms with E-state index in [4.69, 9.17) is 0 Å². The molecule has 2 N–H and O–H groups in total. The topological polar surface area (TPSA) is 85.0 Å². The van der Waals surface area contributed by atoms with Crippen LogP contribution in [0, 0.1) is 5.92 Å². The van der Waals surface area contributed by atoms with Gasteiger partial charge in [0.1, 0.15) is 0 Å². The molecule has 0 spiro atoms. The minimum Gasteiger partial charge on any atom is -0.504 e. The molecule has 0 fully saturated rings. The summed E-state index contributed by atoms with van der Waals surface area (Å²) in [6.07, 6.45) is 5.03. The van der Waals surface area contributed by atoms with Crippen molar-refractivity contribution in [3.05, 3.63) is 60.7 Å². The average Bonchev–Trinajstić information content (AvgIpc) is 3.23. The molecule has 3 rings (SSSR count). The van der Waals surface area contributed by atoms with Crippen LogP contribution in [0.15, 0.2) is 55.0 Å². The molecule has 0 saturated heterocycles. The second kappa shape index (κ2) is 6.99. The minimum absolute atomic E-state index is 0.0187. The van der Waals surface area contributed by atoms with E-state index < -0.39 is 5.91 Å². The fraction of sp³-hybridized carbons (Fsp3) is 0.235. The highest BCUT2D eigenvalue weighted by molar-refractivity contribution is 5.94. The number of amides is 1.